The highest BCUT2D eigenvalue weighted by atomic mass is 16.5. The second-order valence-corrected chi connectivity index (χ2v) is 3.37. The molecule has 1 aliphatic rings. The number of esters is 1. The lowest BCUT2D eigenvalue weighted by Gasteiger charge is -2.24. The van der Waals surface area contributed by atoms with Crippen LogP contribution >= 0.6 is 0 Å². The van der Waals surface area contributed by atoms with Crippen LogP contribution < -0.4 is 0 Å². The number of hydrogen-bond donors (Lipinski definition) is 1. The van der Waals surface area contributed by atoms with Gasteiger partial charge >= 0.3 is 11.9 Å². The number of carbonyl (C=O) groups is 2. The van der Waals surface area contributed by atoms with Crippen molar-refractivity contribution in [2.24, 2.45) is 5.92 Å². The van der Waals surface area contributed by atoms with Crippen LogP contribution in [0.2, 0.25) is 0 Å². The molecule has 4 nitrogen and oxygen atoms in total. The number of aliphatic carboxylic acids is 1. The van der Waals surface area contributed by atoms with Crippen molar-refractivity contribution in [1.82, 2.24) is 0 Å². The summed E-state index contributed by atoms with van der Waals surface area (Å²) < 4.78 is 4.89. The molecule has 0 bridgehead atoms. The summed E-state index contributed by atoms with van der Waals surface area (Å²) in [6.45, 7) is 0.471. The molecule has 1 N–H and O–H groups in total. The minimum atomic E-state index is -0.958. The summed E-state index contributed by atoms with van der Waals surface area (Å²) in [7, 11) is 0. The number of carboxylic acids is 1. The molecule has 1 aliphatic carbocycles. The Labute approximate surface area is 76.9 Å². The van der Waals surface area contributed by atoms with Crippen LogP contribution in [-0.4, -0.2) is 23.7 Å². The van der Waals surface area contributed by atoms with E-state index in [0.29, 0.717) is 12.5 Å². The van der Waals surface area contributed by atoms with E-state index in [2.05, 4.69) is 0 Å². The van der Waals surface area contributed by atoms with Crippen LogP contribution in [0.3, 0.4) is 0 Å². The molecule has 0 atom stereocenters. The Kier molecular flexibility index (Phi) is 3.73. The standard InChI is InChI=1S/C9H14O4/c10-8(11)4-5-9(12)13-6-7-2-1-3-7/h7H,1-6H2,(H,10,11). The first-order valence-corrected chi connectivity index (χ1v) is 4.56. The number of hydrogen-bond acceptors (Lipinski definition) is 3. The van der Waals surface area contributed by atoms with E-state index in [4.69, 9.17) is 9.84 Å². The maximum Gasteiger partial charge on any atom is 0.306 e. The van der Waals surface area contributed by atoms with Crippen molar-refractivity contribution in [1.29, 1.82) is 0 Å². The van der Waals surface area contributed by atoms with Gasteiger partial charge in [-0.15, -0.1) is 0 Å². The fourth-order valence-electron chi connectivity index (χ4n) is 1.15. The van der Waals surface area contributed by atoms with E-state index in [1.165, 1.54) is 6.42 Å². The summed E-state index contributed by atoms with van der Waals surface area (Å²) in [5.74, 6) is -0.830. The van der Waals surface area contributed by atoms with Gasteiger partial charge in [0, 0.05) is 0 Å². The summed E-state index contributed by atoms with van der Waals surface area (Å²) in [5.41, 5.74) is 0. The first-order chi connectivity index (χ1) is 6.18. The van der Waals surface area contributed by atoms with Crippen molar-refractivity contribution < 1.29 is 19.4 Å². The summed E-state index contributed by atoms with van der Waals surface area (Å²) in [4.78, 5) is 21.0. The maximum atomic E-state index is 10.9. The average Bonchev–Trinajstić information content (AvgIpc) is 1.98. The zero-order chi connectivity index (χ0) is 9.68. The molecule has 0 heterocycles. The Balaban J connectivity index is 2.00. The Morgan fingerprint density at radius 3 is 2.46 bits per heavy atom. The molecule has 4 heteroatoms. The highest BCUT2D eigenvalue weighted by molar-refractivity contribution is 5.76. The highest BCUT2D eigenvalue weighted by Crippen LogP contribution is 2.26. The lowest BCUT2D eigenvalue weighted by Crippen LogP contribution is -2.20. The number of carbonyl (C=O) groups excluding carboxylic acids is 1. The molecule has 1 saturated carbocycles. The lowest BCUT2D eigenvalue weighted by atomic mass is 9.86. The van der Waals surface area contributed by atoms with Gasteiger partial charge < -0.3 is 9.84 Å². The summed E-state index contributed by atoms with van der Waals surface area (Å²) in [5, 5.41) is 8.29. The van der Waals surface area contributed by atoms with Crippen LogP contribution in [0.25, 0.3) is 0 Å². The van der Waals surface area contributed by atoms with Gasteiger partial charge in [-0.2, -0.15) is 0 Å². The molecule has 0 aromatic rings. The lowest BCUT2D eigenvalue weighted by molar-refractivity contribution is -0.149. The number of rotatable bonds is 5. The van der Waals surface area contributed by atoms with Gasteiger partial charge in [0.15, 0.2) is 0 Å². The van der Waals surface area contributed by atoms with Gasteiger partial charge in [0.25, 0.3) is 0 Å². The van der Waals surface area contributed by atoms with E-state index in [1.54, 1.807) is 0 Å². The normalized spacial score (nSPS) is 16.3. The molecule has 13 heavy (non-hydrogen) atoms. The predicted molar refractivity (Wildman–Crippen MR) is 45.2 cm³/mol. The zero-order valence-corrected chi connectivity index (χ0v) is 7.49. The van der Waals surface area contributed by atoms with Crippen LogP contribution in [0.1, 0.15) is 32.1 Å². The molecule has 0 spiro atoms. The fourth-order valence-corrected chi connectivity index (χ4v) is 1.15. The van der Waals surface area contributed by atoms with Gasteiger partial charge in [-0.3, -0.25) is 9.59 Å². The first-order valence-electron chi connectivity index (χ1n) is 4.56. The van der Waals surface area contributed by atoms with Gasteiger partial charge in [-0.25, -0.2) is 0 Å². The Hall–Kier alpha value is -1.06. The minimum Gasteiger partial charge on any atom is -0.481 e. The van der Waals surface area contributed by atoms with Crippen molar-refractivity contribution >= 4 is 11.9 Å². The van der Waals surface area contributed by atoms with E-state index in [-0.39, 0.29) is 12.8 Å². The van der Waals surface area contributed by atoms with Gasteiger partial charge in [0.1, 0.15) is 0 Å². The van der Waals surface area contributed by atoms with E-state index in [1.807, 2.05) is 0 Å². The van der Waals surface area contributed by atoms with Gasteiger partial charge in [-0.05, 0) is 18.8 Å². The molecule has 74 valence electrons. The van der Waals surface area contributed by atoms with Crippen molar-refractivity contribution in [3.8, 4) is 0 Å². The van der Waals surface area contributed by atoms with E-state index < -0.39 is 11.9 Å². The molecule has 0 aromatic carbocycles. The second-order valence-electron chi connectivity index (χ2n) is 3.37. The van der Waals surface area contributed by atoms with Crippen molar-refractivity contribution in [3.63, 3.8) is 0 Å². The van der Waals surface area contributed by atoms with Crippen molar-refractivity contribution in [2.45, 2.75) is 32.1 Å². The summed E-state index contributed by atoms with van der Waals surface area (Å²) in [6.07, 6.45) is 3.33. The SMILES string of the molecule is O=C(O)CCC(=O)OCC1CCC1. The topological polar surface area (TPSA) is 63.6 Å². The second kappa shape index (κ2) is 4.84. The maximum absolute atomic E-state index is 10.9. The van der Waals surface area contributed by atoms with Gasteiger partial charge in [0.2, 0.25) is 0 Å². The quantitative estimate of drug-likeness (QED) is 0.655. The number of ether oxygens (including phenoxy) is 1. The third-order valence-electron chi connectivity index (χ3n) is 2.25. The van der Waals surface area contributed by atoms with Crippen LogP contribution in [0, 0.1) is 5.92 Å². The zero-order valence-electron chi connectivity index (χ0n) is 7.49. The van der Waals surface area contributed by atoms with E-state index in [9.17, 15) is 9.59 Å². The van der Waals surface area contributed by atoms with Crippen LogP contribution in [0.5, 0.6) is 0 Å². The Morgan fingerprint density at radius 1 is 1.31 bits per heavy atom. The molecular weight excluding hydrogens is 172 g/mol. The third-order valence-corrected chi connectivity index (χ3v) is 2.25. The third kappa shape index (κ3) is 3.92. The van der Waals surface area contributed by atoms with Crippen LogP contribution in [-0.2, 0) is 14.3 Å². The van der Waals surface area contributed by atoms with E-state index >= 15 is 0 Å². The fraction of sp³-hybridized carbons (Fsp3) is 0.778. The van der Waals surface area contributed by atoms with Crippen molar-refractivity contribution in [3.05, 3.63) is 0 Å². The van der Waals surface area contributed by atoms with E-state index in [0.717, 1.165) is 12.8 Å². The van der Waals surface area contributed by atoms with Crippen molar-refractivity contribution in [2.75, 3.05) is 6.61 Å². The smallest absolute Gasteiger partial charge is 0.306 e. The number of carboxylic acid groups (broad SMARTS) is 1. The Bertz CT molecular complexity index is 196. The molecule has 0 saturated heterocycles. The first kappa shape index (κ1) is 10.0. The monoisotopic (exact) mass is 186 g/mol. The molecule has 1 fully saturated rings. The molecule has 0 aliphatic heterocycles. The summed E-state index contributed by atoms with van der Waals surface area (Å²) >= 11 is 0. The van der Waals surface area contributed by atoms with Gasteiger partial charge in [0.05, 0.1) is 19.4 Å². The largest absolute Gasteiger partial charge is 0.481 e. The average molecular weight is 186 g/mol. The van der Waals surface area contributed by atoms with Crippen LogP contribution in [0.4, 0.5) is 0 Å². The molecule has 0 radical (unpaired) electrons. The molecule has 1 rings (SSSR count). The summed E-state index contributed by atoms with van der Waals surface area (Å²) in [6, 6.07) is 0. The van der Waals surface area contributed by atoms with Gasteiger partial charge in [-0.1, -0.05) is 6.42 Å². The molecule has 0 aromatic heterocycles. The molecule has 0 unspecified atom stereocenters. The minimum absolute atomic E-state index is 0.0119. The predicted octanol–water partition coefficient (Wildman–Crippen LogP) is 1.19. The molecule has 0 amide bonds. The van der Waals surface area contributed by atoms with Crippen LogP contribution in [0.15, 0.2) is 0 Å². The Morgan fingerprint density at radius 2 is 2.00 bits per heavy atom. The molecular formula is C9H14O4. The highest BCUT2D eigenvalue weighted by Gasteiger charge is 2.19.